The first-order valence-electron chi connectivity index (χ1n) is 7.47. The molecule has 0 aliphatic carbocycles. The van der Waals surface area contributed by atoms with Gasteiger partial charge in [0, 0.05) is 22.1 Å². The number of ether oxygens (including phenoxy) is 1. The van der Waals surface area contributed by atoms with Crippen LogP contribution >= 0.6 is 23.4 Å². The van der Waals surface area contributed by atoms with E-state index in [0.29, 0.717) is 22.9 Å². The van der Waals surface area contributed by atoms with Gasteiger partial charge in [-0.05, 0) is 54.1 Å². The number of carbonyl (C=O) groups is 1. The minimum Gasteiger partial charge on any atom is -0.479 e. The van der Waals surface area contributed by atoms with Crippen LogP contribution in [0, 0.1) is 11.3 Å². The van der Waals surface area contributed by atoms with Gasteiger partial charge in [0.15, 0.2) is 6.61 Å². The third kappa shape index (κ3) is 7.29. The van der Waals surface area contributed by atoms with Crippen molar-refractivity contribution >= 4 is 35.5 Å². The van der Waals surface area contributed by atoms with Gasteiger partial charge in [-0.1, -0.05) is 11.6 Å². The van der Waals surface area contributed by atoms with Gasteiger partial charge < -0.3 is 4.74 Å². The molecule has 0 radical (unpaired) electrons. The van der Waals surface area contributed by atoms with Gasteiger partial charge >= 0.3 is 0 Å². The molecular weight excluding hydrogens is 358 g/mol. The van der Waals surface area contributed by atoms with E-state index in [4.69, 9.17) is 21.6 Å². The Bertz CT molecular complexity index is 755. The number of thioether (sulfide) groups is 1. The number of nitrogens with zero attached hydrogens (tertiary/aromatic N) is 2. The molecule has 1 amide bonds. The smallest absolute Gasteiger partial charge is 0.240 e. The maximum absolute atomic E-state index is 11.7. The number of amides is 1. The molecule has 0 fully saturated rings. The SMILES string of the molecule is N#CCOc1ccc(/C=N\NC(=O)CCSc2ccc(Cl)cc2)cc1. The van der Waals surface area contributed by atoms with Gasteiger partial charge in [0.25, 0.3) is 0 Å². The third-order valence-corrected chi connectivity index (χ3v) is 4.26. The standard InChI is InChI=1S/C18H16ClN3O2S/c19-15-3-7-17(8-4-15)25-12-9-18(23)22-21-13-14-1-5-16(6-2-14)24-11-10-20/h1-8,13H,9,11-12H2,(H,22,23)/b21-13-. The number of hydrazone groups is 1. The Morgan fingerprint density at radius 3 is 2.64 bits per heavy atom. The maximum Gasteiger partial charge on any atom is 0.240 e. The molecule has 5 nitrogen and oxygen atoms in total. The number of benzene rings is 2. The summed E-state index contributed by atoms with van der Waals surface area (Å²) in [6.07, 6.45) is 1.92. The van der Waals surface area contributed by atoms with E-state index in [1.165, 1.54) is 0 Å². The molecule has 1 N–H and O–H groups in total. The third-order valence-electron chi connectivity index (χ3n) is 3.00. The summed E-state index contributed by atoms with van der Waals surface area (Å²) in [6, 6.07) is 16.5. The fraction of sp³-hybridized carbons (Fsp3) is 0.167. The lowest BCUT2D eigenvalue weighted by Gasteiger charge is -2.02. The number of carbonyl (C=O) groups excluding carboxylic acids is 1. The summed E-state index contributed by atoms with van der Waals surface area (Å²) in [7, 11) is 0. The average molecular weight is 374 g/mol. The van der Waals surface area contributed by atoms with Crippen molar-refractivity contribution in [1.29, 1.82) is 5.26 Å². The van der Waals surface area contributed by atoms with Gasteiger partial charge in [-0.15, -0.1) is 11.8 Å². The Balaban J connectivity index is 1.69. The first kappa shape index (κ1) is 18.8. The van der Waals surface area contributed by atoms with Crippen LogP contribution in [0.25, 0.3) is 0 Å². The van der Waals surface area contributed by atoms with Crippen LogP contribution in [-0.2, 0) is 4.79 Å². The van der Waals surface area contributed by atoms with Crippen molar-refractivity contribution in [2.24, 2.45) is 5.10 Å². The van der Waals surface area contributed by atoms with E-state index >= 15 is 0 Å². The second-order valence-electron chi connectivity index (χ2n) is 4.86. The summed E-state index contributed by atoms with van der Waals surface area (Å²) in [5, 5.41) is 13.1. The highest BCUT2D eigenvalue weighted by Crippen LogP contribution is 2.20. The average Bonchev–Trinajstić information content (AvgIpc) is 2.63. The van der Waals surface area contributed by atoms with Gasteiger partial charge in [0.05, 0.1) is 6.21 Å². The summed E-state index contributed by atoms with van der Waals surface area (Å²) in [4.78, 5) is 12.8. The number of nitrogens with one attached hydrogen (secondary N) is 1. The lowest BCUT2D eigenvalue weighted by molar-refractivity contribution is -0.120. The summed E-state index contributed by atoms with van der Waals surface area (Å²) in [5.74, 6) is 1.13. The normalized spacial score (nSPS) is 10.4. The Labute approximate surface area is 155 Å². The summed E-state index contributed by atoms with van der Waals surface area (Å²) < 4.78 is 5.16. The molecule has 0 saturated heterocycles. The van der Waals surface area contributed by atoms with Crippen molar-refractivity contribution in [3.8, 4) is 11.8 Å². The highest BCUT2D eigenvalue weighted by atomic mass is 35.5. The quantitative estimate of drug-likeness (QED) is 0.433. The van der Waals surface area contributed by atoms with Gasteiger partial charge in [-0.3, -0.25) is 4.79 Å². The Kier molecular flexibility index (Phi) is 7.83. The van der Waals surface area contributed by atoms with E-state index in [0.717, 1.165) is 10.5 Å². The molecule has 0 spiro atoms. The van der Waals surface area contributed by atoms with Crippen LogP contribution in [0.4, 0.5) is 0 Å². The molecule has 0 saturated carbocycles. The fourth-order valence-corrected chi connectivity index (χ4v) is 2.77. The van der Waals surface area contributed by atoms with Gasteiger partial charge in [0.2, 0.25) is 5.91 Å². The minimum atomic E-state index is -0.147. The molecule has 25 heavy (non-hydrogen) atoms. The molecule has 2 rings (SSSR count). The zero-order valence-corrected chi connectivity index (χ0v) is 14.9. The van der Waals surface area contributed by atoms with Crippen molar-refractivity contribution < 1.29 is 9.53 Å². The van der Waals surface area contributed by atoms with Crippen LogP contribution in [0.5, 0.6) is 5.75 Å². The molecule has 2 aromatic carbocycles. The molecular formula is C18H16ClN3O2S. The lowest BCUT2D eigenvalue weighted by Crippen LogP contribution is -2.17. The molecule has 0 aromatic heterocycles. The molecule has 0 atom stereocenters. The summed E-state index contributed by atoms with van der Waals surface area (Å²) in [5.41, 5.74) is 3.32. The lowest BCUT2D eigenvalue weighted by atomic mass is 10.2. The monoisotopic (exact) mass is 373 g/mol. The Hall–Kier alpha value is -2.49. The number of hydrogen-bond donors (Lipinski definition) is 1. The van der Waals surface area contributed by atoms with Gasteiger partial charge in [-0.2, -0.15) is 10.4 Å². The molecule has 0 aliphatic rings. The highest BCUT2D eigenvalue weighted by molar-refractivity contribution is 7.99. The molecule has 128 valence electrons. The first-order chi connectivity index (χ1) is 12.2. The molecule has 2 aromatic rings. The topological polar surface area (TPSA) is 74.5 Å². The zero-order valence-electron chi connectivity index (χ0n) is 13.3. The van der Waals surface area contributed by atoms with Crippen molar-refractivity contribution in [1.82, 2.24) is 5.43 Å². The van der Waals surface area contributed by atoms with Crippen molar-refractivity contribution in [2.45, 2.75) is 11.3 Å². The number of rotatable bonds is 8. The number of nitriles is 1. The predicted octanol–water partition coefficient (Wildman–Crippen LogP) is 3.87. The van der Waals surface area contributed by atoms with Crippen LogP contribution in [0.15, 0.2) is 58.5 Å². The van der Waals surface area contributed by atoms with Crippen molar-refractivity contribution in [3.63, 3.8) is 0 Å². The second kappa shape index (κ2) is 10.4. The van der Waals surface area contributed by atoms with E-state index in [9.17, 15) is 4.79 Å². The predicted molar refractivity (Wildman–Crippen MR) is 100 cm³/mol. The molecule has 0 bridgehead atoms. The number of hydrogen-bond acceptors (Lipinski definition) is 5. The van der Waals surface area contributed by atoms with E-state index in [1.54, 1.807) is 42.2 Å². The van der Waals surface area contributed by atoms with Crippen molar-refractivity contribution in [2.75, 3.05) is 12.4 Å². The van der Waals surface area contributed by atoms with E-state index in [-0.39, 0.29) is 12.5 Å². The first-order valence-corrected chi connectivity index (χ1v) is 8.84. The Morgan fingerprint density at radius 2 is 1.96 bits per heavy atom. The molecule has 0 aliphatic heterocycles. The zero-order chi connectivity index (χ0) is 17.9. The van der Waals surface area contributed by atoms with Gasteiger partial charge in [-0.25, -0.2) is 5.43 Å². The minimum absolute atomic E-state index is 0.0114. The molecule has 0 heterocycles. The van der Waals surface area contributed by atoms with Crippen LogP contribution in [-0.4, -0.2) is 24.5 Å². The maximum atomic E-state index is 11.7. The van der Waals surface area contributed by atoms with Crippen LogP contribution in [0.3, 0.4) is 0 Å². The van der Waals surface area contributed by atoms with E-state index in [2.05, 4.69) is 10.5 Å². The molecule has 7 heteroatoms. The van der Waals surface area contributed by atoms with Crippen LogP contribution in [0.1, 0.15) is 12.0 Å². The van der Waals surface area contributed by atoms with Crippen LogP contribution in [0.2, 0.25) is 5.02 Å². The Morgan fingerprint density at radius 1 is 1.24 bits per heavy atom. The highest BCUT2D eigenvalue weighted by Gasteiger charge is 2.01. The van der Waals surface area contributed by atoms with Gasteiger partial charge in [0.1, 0.15) is 11.8 Å². The molecule has 0 unspecified atom stereocenters. The van der Waals surface area contributed by atoms with Crippen LogP contribution < -0.4 is 10.2 Å². The largest absolute Gasteiger partial charge is 0.479 e. The number of halogens is 1. The van der Waals surface area contributed by atoms with Crippen molar-refractivity contribution in [3.05, 3.63) is 59.1 Å². The van der Waals surface area contributed by atoms with E-state index in [1.807, 2.05) is 30.3 Å². The summed E-state index contributed by atoms with van der Waals surface area (Å²) in [6.45, 7) is 0.0114. The fourth-order valence-electron chi connectivity index (χ4n) is 1.79. The van der Waals surface area contributed by atoms with E-state index < -0.39 is 0 Å². The second-order valence-corrected chi connectivity index (χ2v) is 6.47. The summed E-state index contributed by atoms with van der Waals surface area (Å²) >= 11 is 7.41.